The molecule has 3 heteroatoms. The number of carbonyl (C=O) groups is 1. The summed E-state index contributed by atoms with van der Waals surface area (Å²) < 4.78 is 0. The molecule has 0 saturated heterocycles. The van der Waals surface area contributed by atoms with E-state index in [2.05, 4.69) is 11.9 Å². The van der Waals surface area contributed by atoms with Crippen LogP contribution in [0.5, 0.6) is 0 Å². The molecule has 92 valence electrons. The van der Waals surface area contributed by atoms with Crippen LogP contribution in [0.25, 0.3) is 0 Å². The quantitative estimate of drug-likeness (QED) is 0.802. The molecule has 2 rings (SSSR count). The van der Waals surface area contributed by atoms with Gasteiger partial charge in [0.1, 0.15) is 0 Å². The molecule has 2 aliphatic carbocycles. The standard InChI is InChI=1S/C13H23NO2/c1-14(10-6-2-3-7-10)12-9-5-4-8-11(12)13(15)16/h10-12H,2-9H2,1H3,(H,15,16)/t11-,12+/m0/s1. The van der Waals surface area contributed by atoms with Crippen LogP contribution in [-0.4, -0.2) is 35.1 Å². The van der Waals surface area contributed by atoms with E-state index in [1.807, 2.05) is 0 Å². The van der Waals surface area contributed by atoms with Crippen molar-refractivity contribution >= 4 is 5.97 Å². The van der Waals surface area contributed by atoms with Crippen molar-refractivity contribution in [1.29, 1.82) is 0 Å². The van der Waals surface area contributed by atoms with Gasteiger partial charge in [-0.3, -0.25) is 9.69 Å². The fraction of sp³-hybridized carbons (Fsp3) is 0.923. The SMILES string of the molecule is CN(C1CCCC1)[C@@H]1CCCC[C@@H]1C(=O)O. The van der Waals surface area contributed by atoms with Gasteiger partial charge in [0.05, 0.1) is 5.92 Å². The first-order valence-electron chi connectivity index (χ1n) is 6.65. The van der Waals surface area contributed by atoms with Crippen LogP contribution in [0.4, 0.5) is 0 Å². The topological polar surface area (TPSA) is 40.5 Å². The molecule has 2 atom stereocenters. The van der Waals surface area contributed by atoms with Gasteiger partial charge in [-0.05, 0) is 32.7 Å². The van der Waals surface area contributed by atoms with Gasteiger partial charge in [0, 0.05) is 12.1 Å². The minimum absolute atomic E-state index is 0.126. The van der Waals surface area contributed by atoms with Gasteiger partial charge in [-0.15, -0.1) is 0 Å². The first-order valence-corrected chi connectivity index (χ1v) is 6.65. The number of carboxylic acid groups (broad SMARTS) is 1. The lowest BCUT2D eigenvalue weighted by Crippen LogP contribution is -2.47. The molecule has 0 radical (unpaired) electrons. The van der Waals surface area contributed by atoms with E-state index in [1.54, 1.807) is 0 Å². The zero-order valence-electron chi connectivity index (χ0n) is 10.2. The average molecular weight is 225 g/mol. The summed E-state index contributed by atoms with van der Waals surface area (Å²) in [5.41, 5.74) is 0. The van der Waals surface area contributed by atoms with Gasteiger partial charge in [-0.2, -0.15) is 0 Å². The van der Waals surface area contributed by atoms with Crippen molar-refractivity contribution in [3.05, 3.63) is 0 Å². The van der Waals surface area contributed by atoms with Crippen LogP contribution < -0.4 is 0 Å². The molecule has 0 aromatic heterocycles. The Labute approximate surface area is 97.8 Å². The summed E-state index contributed by atoms with van der Waals surface area (Å²) in [6, 6.07) is 0.930. The highest BCUT2D eigenvalue weighted by molar-refractivity contribution is 5.71. The second-order valence-electron chi connectivity index (χ2n) is 5.40. The maximum absolute atomic E-state index is 11.3. The summed E-state index contributed by atoms with van der Waals surface area (Å²) >= 11 is 0. The van der Waals surface area contributed by atoms with Crippen molar-refractivity contribution in [2.45, 2.75) is 63.5 Å². The number of nitrogens with zero attached hydrogens (tertiary/aromatic N) is 1. The third kappa shape index (κ3) is 2.40. The molecule has 0 aliphatic heterocycles. The molecule has 0 aromatic carbocycles. The number of hydrogen-bond acceptors (Lipinski definition) is 2. The lowest BCUT2D eigenvalue weighted by Gasteiger charge is -2.39. The highest BCUT2D eigenvalue weighted by Crippen LogP contribution is 2.32. The van der Waals surface area contributed by atoms with Crippen molar-refractivity contribution in [3.63, 3.8) is 0 Å². The Balaban J connectivity index is 2.01. The molecular formula is C13H23NO2. The van der Waals surface area contributed by atoms with Crippen molar-refractivity contribution in [2.24, 2.45) is 5.92 Å². The lowest BCUT2D eigenvalue weighted by molar-refractivity contribution is -0.145. The van der Waals surface area contributed by atoms with Crippen molar-refractivity contribution in [3.8, 4) is 0 Å². The van der Waals surface area contributed by atoms with Crippen molar-refractivity contribution in [2.75, 3.05) is 7.05 Å². The first-order chi connectivity index (χ1) is 7.70. The van der Waals surface area contributed by atoms with Gasteiger partial charge < -0.3 is 5.11 Å². The Morgan fingerprint density at radius 2 is 1.62 bits per heavy atom. The maximum Gasteiger partial charge on any atom is 0.308 e. The van der Waals surface area contributed by atoms with Crippen LogP contribution in [0, 0.1) is 5.92 Å². The molecule has 2 saturated carbocycles. The molecule has 1 N–H and O–H groups in total. The first kappa shape index (κ1) is 11.9. The molecule has 3 nitrogen and oxygen atoms in total. The molecule has 0 bridgehead atoms. The third-order valence-corrected chi connectivity index (χ3v) is 4.47. The molecule has 16 heavy (non-hydrogen) atoms. The van der Waals surface area contributed by atoms with Crippen molar-refractivity contribution < 1.29 is 9.90 Å². The molecule has 2 fully saturated rings. The van der Waals surface area contributed by atoms with E-state index in [1.165, 1.54) is 32.1 Å². The second-order valence-corrected chi connectivity index (χ2v) is 5.40. The molecule has 0 spiro atoms. The lowest BCUT2D eigenvalue weighted by atomic mass is 9.83. The minimum atomic E-state index is -0.588. The van der Waals surface area contributed by atoms with E-state index in [-0.39, 0.29) is 12.0 Å². The number of rotatable bonds is 3. The van der Waals surface area contributed by atoms with Gasteiger partial charge in [-0.1, -0.05) is 25.7 Å². The fourth-order valence-corrected chi connectivity index (χ4v) is 3.47. The summed E-state index contributed by atoms with van der Waals surface area (Å²) in [7, 11) is 2.14. The zero-order valence-corrected chi connectivity index (χ0v) is 10.2. The molecule has 0 amide bonds. The monoisotopic (exact) mass is 225 g/mol. The number of aliphatic carboxylic acids is 1. The van der Waals surface area contributed by atoms with Crippen LogP contribution in [0.3, 0.4) is 0 Å². The summed E-state index contributed by atoms with van der Waals surface area (Å²) in [5.74, 6) is -0.714. The summed E-state index contributed by atoms with van der Waals surface area (Å²) in [6.07, 6.45) is 9.40. The predicted octanol–water partition coefficient (Wildman–Crippen LogP) is 2.50. The fourth-order valence-electron chi connectivity index (χ4n) is 3.47. The van der Waals surface area contributed by atoms with E-state index in [9.17, 15) is 9.90 Å². The predicted molar refractivity (Wildman–Crippen MR) is 63.4 cm³/mol. The molecule has 0 unspecified atom stereocenters. The molecule has 2 aliphatic rings. The highest BCUT2D eigenvalue weighted by atomic mass is 16.4. The Hall–Kier alpha value is -0.570. The van der Waals surface area contributed by atoms with Crippen LogP contribution >= 0.6 is 0 Å². The second kappa shape index (κ2) is 5.17. The normalized spacial score (nSPS) is 32.1. The summed E-state index contributed by atoms with van der Waals surface area (Å²) in [5, 5.41) is 9.27. The van der Waals surface area contributed by atoms with E-state index in [4.69, 9.17) is 0 Å². The minimum Gasteiger partial charge on any atom is -0.481 e. The molecule has 0 heterocycles. The van der Waals surface area contributed by atoms with Crippen molar-refractivity contribution in [1.82, 2.24) is 4.90 Å². The largest absolute Gasteiger partial charge is 0.481 e. The molecule has 0 aromatic rings. The average Bonchev–Trinajstić information content (AvgIpc) is 2.81. The highest BCUT2D eigenvalue weighted by Gasteiger charge is 2.36. The molecular weight excluding hydrogens is 202 g/mol. The Bertz CT molecular complexity index is 248. The number of hydrogen-bond donors (Lipinski definition) is 1. The van der Waals surface area contributed by atoms with Gasteiger partial charge in [0.25, 0.3) is 0 Å². The van der Waals surface area contributed by atoms with E-state index in [0.717, 1.165) is 19.3 Å². The Morgan fingerprint density at radius 3 is 2.25 bits per heavy atom. The van der Waals surface area contributed by atoms with E-state index in [0.29, 0.717) is 6.04 Å². The summed E-state index contributed by atoms with van der Waals surface area (Å²) in [4.78, 5) is 13.6. The summed E-state index contributed by atoms with van der Waals surface area (Å²) in [6.45, 7) is 0. The smallest absolute Gasteiger partial charge is 0.308 e. The van der Waals surface area contributed by atoms with Gasteiger partial charge in [0.15, 0.2) is 0 Å². The van der Waals surface area contributed by atoms with Crippen LogP contribution in [0.2, 0.25) is 0 Å². The zero-order chi connectivity index (χ0) is 11.5. The van der Waals surface area contributed by atoms with Crippen LogP contribution in [0.1, 0.15) is 51.4 Å². The van der Waals surface area contributed by atoms with Gasteiger partial charge in [0.2, 0.25) is 0 Å². The maximum atomic E-state index is 11.3. The Morgan fingerprint density at radius 1 is 1.06 bits per heavy atom. The number of carboxylic acids is 1. The van der Waals surface area contributed by atoms with E-state index >= 15 is 0 Å². The van der Waals surface area contributed by atoms with Crippen LogP contribution in [-0.2, 0) is 4.79 Å². The van der Waals surface area contributed by atoms with Gasteiger partial charge >= 0.3 is 5.97 Å². The van der Waals surface area contributed by atoms with E-state index < -0.39 is 5.97 Å². The Kier molecular flexibility index (Phi) is 3.85. The van der Waals surface area contributed by atoms with Gasteiger partial charge in [-0.25, -0.2) is 0 Å². The third-order valence-electron chi connectivity index (χ3n) is 4.47. The van der Waals surface area contributed by atoms with Crippen LogP contribution in [0.15, 0.2) is 0 Å².